The molecule has 6 aromatic carbocycles. The van der Waals surface area contributed by atoms with Gasteiger partial charge in [-0.15, -0.1) is 6.58 Å². The van der Waals surface area contributed by atoms with Crippen LogP contribution >= 0.6 is 0 Å². The molecule has 242 valence electrons. The lowest BCUT2D eigenvalue weighted by molar-refractivity contribution is -0.139. The fourth-order valence-corrected chi connectivity index (χ4v) is 7.52. The Morgan fingerprint density at radius 2 is 1.38 bits per heavy atom. The van der Waals surface area contributed by atoms with Crippen molar-refractivity contribution >= 4 is 38.3 Å². The second-order valence-electron chi connectivity index (χ2n) is 14.2. The van der Waals surface area contributed by atoms with Gasteiger partial charge in [0.05, 0.1) is 12.2 Å². The van der Waals surface area contributed by atoms with Gasteiger partial charge >= 0.3 is 12.1 Å². The third-order valence-corrected chi connectivity index (χ3v) is 10.0. The van der Waals surface area contributed by atoms with Gasteiger partial charge in [0, 0.05) is 11.0 Å². The van der Waals surface area contributed by atoms with E-state index in [1.165, 1.54) is 33.2 Å². The summed E-state index contributed by atoms with van der Waals surface area (Å²) in [7, 11) is 0. The molecule has 0 saturated heterocycles. The van der Waals surface area contributed by atoms with E-state index in [1.807, 2.05) is 6.07 Å². The van der Waals surface area contributed by atoms with Crippen molar-refractivity contribution in [2.24, 2.45) is 0 Å². The molecule has 0 saturated carbocycles. The van der Waals surface area contributed by atoms with Crippen LogP contribution in [0.4, 0.5) is 13.2 Å². The van der Waals surface area contributed by atoms with Crippen LogP contribution in [0.15, 0.2) is 110 Å². The predicted octanol–water partition coefficient (Wildman–Crippen LogP) is 11.9. The first-order chi connectivity index (χ1) is 22.7. The predicted molar refractivity (Wildman–Crippen MR) is 191 cm³/mol. The summed E-state index contributed by atoms with van der Waals surface area (Å²) < 4.78 is 47.4. The fraction of sp³-hybridized carbons (Fsp3) is 0.233. The van der Waals surface area contributed by atoms with Gasteiger partial charge in [0.2, 0.25) is 0 Å². The largest absolute Gasteiger partial charge is 0.462 e. The van der Waals surface area contributed by atoms with Crippen LogP contribution < -0.4 is 0 Å². The van der Waals surface area contributed by atoms with Gasteiger partial charge in [0.1, 0.15) is 0 Å². The van der Waals surface area contributed by atoms with E-state index in [0.717, 1.165) is 44.7 Å². The minimum atomic E-state index is -4.49. The summed E-state index contributed by atoms with van der Waals surface area (Å²) in [5, 5.41) is 7.13. The molecule has 0 aromatic heterocycles. The summed E-state index contributed by atoms with van der Waals surface area (Å²) in [6, 6.07) is 27.9. The highest BCUT2D eigenvalue weighted by molar-refractivity contribution is 6.25. The standard InChI is InChI=1S/C43H37F3O2/c1-7-42(19-8-20-48-40(47)25(2)3)36-23-27(12-16-33(36)34-18-14-30(24-37(34)42)43(44,45)46)32-15-11-26-9-10-28-21-31(41(4,5)6)22-29-13-17-35(32)39(26)38(28)29/h7,9-18,21-24H,1-2,8,19-20H2,3-6H3. The van der Waals surface area contributed by atoms with Crippen LogP contribution in [-0.4, -0.2) is 12.6 Å². The van der Waals surface area contributed by atoms with Crippen molar-refractivity contribution in [1.82, 2.24) is 0 Å². The number of hydrogen-bond acceptors (Lipinski definition) is 2. The van der Waals surface area contributed by atoms with E-state index in [1.54, 1.807) is 19.1 Å². The highest BCUT2D eigenvalue weighted by Gasteiger charge is 2.43. The molecular weight excluding hydrogens is 605 g/mol. The maximum atomic E-state index is 14.0. The van der Waals surface area contributed by atoms with E-state index in [9.17, 15) is 18.0 Å². The van der Waals surface area contributed by atoms with Crippen LogP contribution in [0.2, 0.25) is 0 Å². The Labute approximate surface area is 278 Å². The van der Waals surface area contributed by atoms with Gasteiger partial charge in [0.25, 0.3) is 0 Å². The van der Waals surface area contributed by atoms with Gasteiger partial charge in [-0.05, 0) is 115 Å². The molecule has 0 aliphatic heterocycles. The molecular formula is C43H37F3O2. The van der Waals surface area contributed by atoms with Crippen molar-refractivity contribution in [3.05, 3.63) is 132 Å². The summed E-state index contributed by atoms with van der Waals surface area (Å²) in [4.78, 5) is 12.1. The van der Waals surface area contributed by atoms with Crippen LogP contribution in [-0.2, 0) is 26.5 Å². The third-order valence-electron chi connectivity index (χ3n) is 10.0. The first-order valence-corrected chi connectivity index (χ1v) is 16.3. The topological polar surface area (TPSA) is 26.3 Å². The summed E-state index contributed by atoms with van der Waals surface area (Å²) in [5.74, 6) is -0.486. The summed E-state index contributed by atoms with van der Waals surface area (Å²) in [6.07, 6.45) is -1.88. The van der Waals surface area contributed by atoms with Gasteiger partial charge in [-0.3, -0.25) is 0 Å². The lowest BCUT2D eigenvalue weighted by atomic mass is 9.74. The van der Waals surface area contributed by atoms with E-state index in [2.05, 4.69) is 94.6 Å². The Hall–Kier alpha value is -4.90. The van der Waals surface area contributed by atoms with Crippen LogP contribution in [0.1, 0.15) is 62.8 Å². The number of alkyl halides is 3. The lowest BCUT2D eigenvalue weighted by Gasteiger charge is -2.29. The van der Waals surface area contributed by atoms with Crippen molar-refractivity contribution in [1.29, 1.82) is 0 Å². The number of allylic oxidation sites excluding steroid dienone is 1. The third kappa shape index (κ3) is 4.99. The van der Waals surface area contributed by atoms with Crippen LogP contribution in [0, 0.1) is 0 Å². The zero-order valence-corrected chi connectivity index (χ0v) is 27.6. The number of benzene rings is 6. The highest BCUT2D eigenvalue weighted by Crippen LogP contribution is 2.54. The Kier molecular flexibility index (Phi) is 7.32. The summed E-state index contributed by atoms with van der Waals surface area (Å²) in [6.45, 7) is 16.2. The van der Waals surface area contributed by atoms with Crippen molar-refractivity contribution in [2.75, 3.05) is 6.61 Å². The average molecular weight is 643 g/mol. The number of rotatable bonds is 7. The SMILES string of the molecule is C=CC1(CCCOC(=O)C(=C)C)c2cc(-c3ccc4ccc5cc(C(C)(C)C)cc6ccc3c4c56)ccc2-c2ccc(C(F)(F)F)cc21. The number of hydrogen-bond donors (Lipinski definition) is 0. The van der Waals surface area contributed by atoms with Crippen molar-refractivity contribution < 1.29 is 22.7 Å². The molecule has 0 bridgehead atoms. The first kappa shape index (κ1) is 31.7. The van der Waals surface area contributed by atoms with E-state index >= 15 is 0 Å². The molecule has 0 spiro atoms. The number of fused-ring (bicyclic) bond motifs is 3. The average Bonchev–Trinajstić information content (AvgIpc) is 3.32. The Morgan fingerprint density at radius 1 is 0.771 bits per heavy atom. The highest BCUT2D eigenvalue weighted by atomic mass is 19.4. The zero-order chi connectivity index (χ0) is 34.2. The summed E-state index contributed by atoms with van der Waals surface area (Å²) in [5.41, 5.74) is 5.13. The minimum absolute atomic E-state index is 0.0162. The van der Waals surface area contributed by atoms with Crippen LogP contribution in [0.3, 0.4) is 0 Å². The quantitative estimate of drug-likeness (QED) is 0.0569. The Bertz CT molecular complexity index is 2270. The molecule has 1 atom stereocenters. The summed E-state index contributed by atoms with van der Waals surface area (Å²) >= 11 is 0. The monoisotopic (exact) mass is 642 g/mol. The van der Waals surface area contributed by atoms with Crippen molar-refractivity contribution in [3.8, 4) is 22.3 Å². The molecule has 48 heavy (non-hydrogen) atoms. The van der Waals surface area contributed by atoms with Crippen LogP contribution in [0.5, 0.6) is 0 Å². The maximum Gasteiger partial charge on any atom is 0.416 e. The molecule has 1 unspecified atom stereocenters. The smallest absolute Gasteiger partial charge is 0.416 e. The molecule has 0 amide bonds. The maximum absolute atomic E-state index is 14.0. The molecule has 6 aromatic rings. The molecule has 0 heterocycles. The van der Waals surface area contributed by atoms with Gasteiger partial charge in [-0.2, -0.15) is 13.2 Å². The molecule has 7 rings (SSSR count). The number of carbonyl (C=O) groups excluding carboxylic acids is 1. The van der Waals surface area contributed by atoms with Crippen LogP contribution in [0.25, 0.3) is 54.6 Å². The van der Waals surface area contributed by atoms with Crippen molar-refractivity contribution in [3.63, 3.8) is 0 Å². The number of esters is 1. The van der Waals surface area contributed by atoms with Gasteiger partial charge in [0.15, 0.2) is 0 Å². The van der Waals surface area contributed by atoms with Gasteiger partial charge < -0.3 is 4.74 Å². The van der Waals surface area contributed by atoms with E-state index < -0.39 is 23.1 Å². The van der Waals surface area contributed by atoms with E-state index in [4.69, 9.17) is 4.74 Å². The van der Waals surface area contributed by atoms with Gasteiger partial charge in [-0.1, -0.05) is 100 Å². The van der Waals surface area contributed by atoms with E-state index in [0.29, 0.717) is 24.0 Å². The second-order valence-corrected chi connectivity index (χ2v) is 14.2. The zero-order valence-electron chi connectivity index (χ0n) is 27.6. The minimum Gasteiger partial charge on any atom is -0.462 e. The lowest BCUT2D eigenvalue weighted by Crippen LogP contribution is -2.24. The molecule has 5 heteroatoms. The number of carbonyl (C=O) groups is 1. The number of ether oxygens (including phenoxy) is 1. The molecule has 2 nitrogen and oxygen atoms in total. The fourth-order valence-electron chi connectivity index (χ4n) is 7.52. The van der Waals surface area contributed by atoms with Crippen molar-refractivity contribution in [2.45, 2.75) is 57.5 Å². The molecule has 0 radical (unpaired) electrons. The molecule has 1 aliphatic carbocycles. The van der Waals surface area contributed by atoms with Gasteiger partial charge in [-0.25, -0.2) is 4.79 Å². The first-order valence-electron chi connectivity index (χ1n) is 16.3. The second kappa shape index (κ2) is 11.1. The normalized spacial score (nSPS) is 16.0. The molecule has 0 N–H and O–H groups in total. The molecule has 1 aliphatic rings. The Balaban J connectivity index is 1.39. The molecule has 0 fully saturated rings. The number of halogens is 3. The Morgan fingerprint density at radius 3 is 2.02 bits per heavy atom. The van der Waals surface area contributed by atoms with E-state index in [-0.39, 0.29) is 12.0 Å².